The number of carbonyl (C=O) groups is 1. The van der Waals surface area contributed by atoms with Gasteiger partial charge in [-0.2, -0.15) is 8.78 Å². The molecule has 12 heteroatoms. The number of carbonyl (C=O) groups excluding carboxylic acids is 1. The molecule has 2 aliphatic heterocycles. The van der Waals surface area contributed by atoms with Crippen molar-refractivity contribution >= 4 is 40.0 Å². The summed E-state index contributed by atoms with van der Waals surface area (Å²) in [6.45, 7) is -0.535. The van der Waals surface area contributed by atoms with E-state index in [1.54, 1.807) is 5.38 Å². The molecular formula is C19H23F2N5O3S2. The van der Waals surface area contributed by atoms with Gasteiger partial charge in [-0.1, -0.05) is 19.2 Å². The van der Waals surface area contributed by atoms with E-state index >= 15 is 0 Å². The Kier molecular flexibility index (Phi) is 7.12. The molecule has 4 heterocycles. The highest BCUT2D eigenvalue weighted by Crippen LogP contribution is 2.47. The predicted molar refractivity (Wildman–Crippen MR) is 117 cm³/mol. The second-order valence-corrected chi connectivity index (χ2v) is 8.89. The average molecular weight is 472 g/mol. The summed E-state index contributed by atoms with van der Waals surface area (Å²) >= 11 is 2.91. The number of fused-ring (bicyclic) bond motifs is 1. The van der Waals surface area contributed by atoms with Crippen LogP contribution in [0.1, 0.15) is 36.3 Å². The number of aliphatic imine (C=N–C) groups is 1. The van der Waals surface area contributed by atoms with Crippen molar-refractivity contribution in [2.75, 3.05) is 17.7 Å². The van der Waals surface area contributed by atoms with Crippen LogP contribution in [0.15, 0.2) is 28.7 Å². The third-order valence-corrected chi connectivity index (χ3v) is 6.90. The maximum atomic E-state index is 12.4. The minimum Gasteiger partial charge on any atom is -0.433 e. The van der Waals surface area contributed by atoms with Gasteiger partial charge in [0.05, 0.1) is 18.9 Å². The molecule has 0 saturated carbocycles. The maximum Gasteiger partial charge on any atom is 0.387 e. The van der Waals surface area contributed by atoms with Crippen molar-refractivity contribution < 1.29 is 23.0 Å². The molecule has 0 radical (unpaired) electrons. The normalized spacial score (nSPS) is 25.2. The Morgan fingerprint density at radius 1 is 1.45 bits per heavy atom. The summed E-state index contributed by atoms with van der Waals surface area (Å²) in [4.78, 5) is 25.6. The number of thioether (sulfide) groups is 1. The largest absolute Gasteiger partial charge is 0.433 e. The molecule has 4 rings (SSSR count). The molecule has 1 fully saturated rings. The van der Waals surface area contributed by atoms with Crippen molar-refractivity contribution in [1.29, 1.82) is 0 Å². The fourth-order valence-corrected chi connectivity index (χ4v) is 5.45. The maximum absolute atomic E-state index is 12.4. The van der Waals surface area contributed by atoms with E-state index in [0.717, 1.165) is 23.4 Å². The summed E-state index contributed by atoms with van der Waals surface area (Å²) in [5.74, 6) is 0.784. The van der Waals surface area contributed by atoms with Gasteiger partial charge in [0, 0.05) is 17.1 Å². The van der Waals surface area contributed by atoms with Crippen LogP contribution in [-0.4, -0.2) is 46.1 Å². The molecule has 168 valence electrons. The smallest absolute Gasteiger partial charge is 0.387 e. The fraction of sp³-hybridized carbons (Fsp3) is 0.474. The number of pyridine rings is 1. The summed E-state index contributed by atoms with van der Waals surface area (Å²) in [6.07, 6.45) is 2.05. The molecule has 0 aromatic carbocycles. The van der Waals surface area contributed by atoms with E-state index in [9.17, 15) is 13.6 Å². The highest BCUT2D eigenvalue weighted by Gasteiger charge is 2.49. The molecular weight excluding hydrogens is 448 g/mol. The molecule has 1 saturated heterocycles. The summed E-state index contributed by atoms with van der Waals surface area (Å²) in [5.41, 5.74) is 5.40. The highest BCUT2D eigenvalue weighted by molar-refractivity contribution is 8.13. The van der Waals surface area contributed by atoms with Crippen LogP contribution in [0, 0.1) is 5.92 Å². The number of aromatic nitrogens is 2. The van der Waals surface area contributed by atoms with Gasteiger partial charge in [-0.15, -0.1) is 11.3 Å². The lowest BCUT2D eigenvalue weighted by Gasteiger charge is -2.44. The van der Waals surface area contributed by atoms with Crippen LogP contribution in [-0.2, 0) is 10.3 Å². The highest BCUT2D eigenvalue weighted by atomic mass is 32.2. The topological polar surface area (TPSA) is 112 Å². The molecule has 1 amide bonds. The minimum absolute atomic E-state index is 0. The second kappa shape index (κ2) is 9.45. The summed E-state index contributed by atoms with van der Waals surface area (Å²) < 4.78 is 34.6. The van der Waals surface area contributed by atoms with Crippen molar-refractivity contribution in [2.24, 2.45) is 16.6 Å². The number of thiazole rings is 1. The van der Waals surface area contributed by atoms with Crippen LogP contribution in [0.2, 0.25) is 0 Å². The molecule has 3 N–H and O–H groups in total. The standard InChI is InChI=1S/C18H19F2N5O3S2.CH4/c1-9-4-10-6-30-17(21)25-18(10,8-27-9)15-24-13(7-29-15)23-14(26)12-3-2-11(5-22-12)28-16(19)20;/h2-3,5,7,9-10,16H,4,6,8H2,1H3,(H2,21,25)(H,23,26);1H4/t9-,10-,18-;/m0./s1. The van der Waals surface area contributed by atoms with Gasteiger partial charge in [0.25, 0.3) is 5.91 Å². The quantitative estimate of drug-likeness (QED) is 0.684. The SMILES string of the molecule is C.C[C@H]1C[C@H]2CSC(N)=N[C@@]2(c2nc(NC(=O)c3ccc(OC(F)F)cn3)cs2)CO1. The fourth-order valence-electron chi connectivity index (χ4n) is 3.48. The lowest BCUT2D eigenvalue weighted by atomic mass is 9.80. The van der Waals surface area contributed by atoms with Gasteiger partial charge in [-0.3, -0.25) is 4.79 Å². The number of amidine groups is 1. The van der Waals surface area contributed by atoms with Gasteiger partial charge in [0.1, 0.15) is 27.8 Å². The van der Waals surface area contributed by atoms with Crippen LogP contribution in [0.3, 0.4) is 0 Å². The summed E-state index contributed by atoms with van der Waals surface area (Å²) in [7, 11) is 0. The number of nitrogens with one attached hydrogen (secondary N) is 1. The molecule has 2 aromatic rings. The molecule has 31 heavy (non-hydrogen) atoms. The summed E-state index contributed by atoms with van der Waals surface area (Å²) in [5, 5.41) is 5.62. The Morgan fingerprint density at radius 2 is 2.26 bits per heavy atom. The third kappa shape index (κ3) is 4.96. The zero-order chi connectivity index (χ0) is 21.3. The number of anilines is 1. The number of nitrogens with two attached hydrogens (primary N) is 1. The zero-order valence-corrected chi connectivity index (χ0v) is 17.5. The number of halogens is 2. The number of alkyl halides is 2. The van der Waals surface area contributed by atoms with Crippen LogP contribution >= 0.6 is 23.1 Å². The Bertz CT molecular complexity index is 956. The molecule has 2 aliphatic rings. The zero-order valence-electron chi connectivity index (χ0n) is 15.9. The first-order chi connectivity index (χ1) is 14.4. The van der Waals surface area contributed by atoms with Crippen molar-refractivity contribution in [3.63, 3.8) is 0 Å². The molecule has 0 unspecified atom stereocenters. The number of hydrogen-bond donors (Lipinski definition) is 2. The van der Waals surface area contributed by atoms with Gasteiger partial charge >= 0.3 is 6.61 Å². The monoisotopic (exact) mass is 471 g/mol. The van der Waals surface area contributed by atoms with Crippen LogP contribution < -0.4 is 15.8 Å². The number of hydrogen-bond acceptors (Lipinski definition) is 9. The molecule has 8 nitrogen and oxygen atoms in total. The Hall–Kier alpha value is -2.31. The molecule has 2 aromatic heterocycles. The van der Waals surface area contributed by atoms with E-state index in [2.05, 4.69) is 20.0 Å². The van der Waals surface area contributed by atoms with Crippen LogP contribution in [0.5, 0.6) is 5.75 Å². The first kappa shape index (κ1) is 23.4. The van der Waals surface area contributed by atoms with Crippen LogP contribution in [0.25, 0.3) is 0 Å². The van der Waals surface area contributed by atoms with E-state index in [1.807, 2.05) is 6.92 Å². The van der Waals surface area contributed by atoms with E-state index in [-0.39, 0.29) is 30.9 Å². The number of rotatable bonds is 5. The molecule has 0 bridgehead atoms. The Balaban J connectivity index is 0.00000272. The number of ether oxygens (including phenoxy) is 2. The minimum atomic E-state index is -2.95. The van der Waals surface area contributed by atoms with E-state index in [4.69, 9.17) is 15.5 Å². The third-order valence-electron chi connectivity index (χ3n) is 4.93. The van der Waals surface area contributed by atoms with Crippen molar-refractivity contribution in [3.8, 4) is 5.75 Å². The van der Waals surface area contributed by atoms with Crippen molar-refractivity contribution in [2.45, 2.75) is 39.0 Å². The predicted octanol–water partition coefficient (Wildman–Crippen LogP) is 3.71. The average Bonchev–Trinajstić information content (AvgIpc) is 3.17. The summed E-state index contributed by atoms with van der Waals surface area (Å²) in [6, 6.07) is 2.55. The van der Waals surface area contributed by atoms with Gasteiger partial charge in [-0.05, 0) is 25.5 Å². The lowest BCUT2D eigenvalue weighted by Crippen LogP contribution is -2.49. The van der Waals surface area contributed by atoms with Crippen molar-refractivity contribution in [1.82, 2.24) is 9.97 Å². The van der Waals surface area contributed by atoms with Gasteiger partial charge in [-0.25, -0.2) is 15.0 Å². The first-order valence-electron chi connectivity index (χ1n) is 9.13. The number of amides is 1. The van der Waals surface area contributed by atoms with Crippen molar-refractivity contribution in [3.05, 3.63) is 34.4 Å². The van der Waals surface area contributed by atoms with Gasteiger partial charge in [0.15, 0.2) is 5.17 Å². The lowest BCUT2D eigenvalue weighted by molar-refractivity contribution is -0.0500. The number of nitrogens with zero attached hydrogens (tertiary/aromatic N) is 3. The van der Waals surface area contributed by atoms with Gasteiger partial charge < -0.3 is 20.5 Å². The van der Waals surface area contributed by atoms with Crippen LogP contribution in [0.4, 0.5) is 14.6 Å². The van der Waals surface area contributed by atoms with Gasteiger partial charge in [0.2, 0.25) is 0 Å². The first-order valence-corrected chi connectivity index (χ1v) is 11.0. The molecule has 0 spiro atoms. The molecule has 0 aliphatic carbocycles. The van der Waals surface area contributed by atoms with E-state index < -0.39 is 18.1 Å². The Labute approximate surface area is 186 Å². The van der Waals surface area contributed by atoms with E-state index in [0.29, 0.717) is 17.6 Å². The second-order valence-electron chi connectivity index (χ2n) is 6.99. The molecule has 3 atom stereocenters. The van der Waals surface area contributed by atoms with E-state index in [1.165, 1.54) is 35.2 Å². The Morgan fingerprint density at radius 3 is 2.97 bits per heavy atom.